The van der Waals surface area contributed by atoms with Crippen molar-refractivity contribution in [3.63, 3.8) is 0 Å². The molecule has 0 aromatic heterocycles. The molecule has 0 aromatic carbocycles. The lowest BCUT2D eigenvalue weighted by Gasteiger charge is -2.57. The number of rotatable bonds is 4. The summed E-state index contributed by atoms with van der Waals surface area (Å²) in [7, 11) is 0. The Morgan fingerprint density at radius 2 is 1.56 bits per heavy atom. The second kappa shape index (κ2) is 4.21. The summed E-state index contributed by atoms with van der Waals surface area (Å²) in [5.74, 6) is 3.02. The fourth-order valence-corrected chi connectivity index (χ4v) is 5.81. The summed E-state index contributed by atoms with van der Waals surface area (Å²) in [6, 6.07) is 0.182. The minimum Gasteiger partial charge on any atom is -0.390 e. The first kappa shape index (κ1) is 12.9. The van der Waals surface area contributed by atoms with E-state index in [2.05, 4.69) is 0 Å². The van der Waals surface area contributed by atoms with E-state index in [1.807, 2.05) is 13.8 Å². The molecule has 104 valence electrons. The third kappa shape index (κ3) is 2.60. The Bertz CT molecular complexity index is 282. The van der Waals surface area contributed by atoms with Crippen LogP contribution in [0.2, 0.25) is 0 Å². The molecule has 1 atom stereocenters. The van der Waals surface area contributed by atoms with Gasteiger partial charge in [-0.3, -0.25) is 0 Å². The van der Waals surface area contributed by atoms with Crippen LogP contribution in [0.4, 0.5) is 0 Å². The Hall–Kier alpha value is -0.0800. The predicted octanol–water partition coefficient (Wildman–Crippen LogP) is 3.08. The zero-order valence-electron chi connectivity index (χ0n) is 12.0. The Balaban J connectivity index is 1.65. The average molecular weight is 251 g/mol. The molecule has 2 nitrogen and oxygen atoms in total. The van der Waals surface area contributed by atoms with Gasteiger partial charge in [0.2, 0.25) is 0 Å². The van der Waals surface area contributed by atoms with Crippen molar-refractivity contribution in [1.29, 1.82) is 0 Å². The van der Waals surface area contributed by atoms with Crippen LogP contribution in [0.15, 0.2) is 0 Å². The molecule has 2 heteroatoms. The molecule has 0 aliphatic heterocycles. The first-order valence-electron chi connectivity index (χ1n) is 7.82. The van der Waals surface area contributed by atoms with Gasteiger partial charge in [-0.1, -0.05) is 0 Å². The molecule has 4 aliphatic carbocycles. The van der Waals surface area contributed by atoms with Gasteiger partial charge in [0.1, 0.15) is 0 Å². The number of nitrogens with two attached hydrogens (primary N) is 1. The van der Waals surface area contributed by atoms with Crippen molar-refractivity contribution in [1.82, 2.24) is 0 Å². The molecule has 0 aromatic rings. The largest absolute Gasteiger partial charge is 0.390 e. The lowest BCUT2D eigenvalue weighted by atomic mass is 9.48. The van der Waals surface area contributed by atoms with Crippen LogP contribution in [0.5, 0.6) is 0 Å². The minimum atomic E-state index is -0.609. The topological polar surface area (TPSA) is 46.2 Å². The van der Waals surface area contributed by atoms with Crippen LogP contribution >= 0.6 is 0 Å². The molecule has 0 amide bonds. The quantitative estimate of drug-likeness (QED) is 0.806. The Kier molecular flexibility index (Phi) is 3.02. The van der Waals surface area contributed by atoms with Gasteiger partial charge in [-0.15, -0.1) is 0 Å². The fraction of sp³-hybridized carbons (Fsp3) is 1.00. The second-order valence-electron chi connectivity index (χ2n) is 8.40. The van der Waals surface area contributed by atoms with Gasteiger partial charge in [-0.25, -0.2) is 0 Å². The van der Waals surface area contributed by atoms with Crippen molar-refractivity contribution in [2.75, 3.05) is 0 Å². The summed E-state index contributed by atoms with van der Waals surface area (Å²) in [6.07, 6.45) is 10.7. The van der Waals surface area contributed by atoms with Crippen molar-refractivity contribution >= 4 is 0 Å². The summed E-state index contributed by atoms with van der Waals surface area (Å²) >= 11 is 0. The molecule has 4 fully saturated rings. The highest BCUT2D eigenvalue weighted by Crippen LogP contribution is 2.61. The van der Waals surface area contributed by atoms with Gasteiger partial charge >= 0.3 is 0 Å². The van der Waals surface area contributed by atoms with Gasteiger partial charge in [0.25, 0.3) is 0 Å². The van der Waals surface area contributed by atoms with Gasteiger partial charge < -0.3 is 10.8 Å². The molecule has 4 rings (SSSR count). The highest BCUT2D eigenvalue weighted by atomic mass is 16.3. The smallest absolute Gasteiger partial charge is 0.0606 e. The fourth-order valence-electron chi connectivity index (χ4n) is 5.81. The molecule has 4 aliphatic rings. The highest BCUT2D eigenvalue weighted by Gasteiger charge is 2.51. The van der Waals surface area contributed by atoms with Crippen LogP contribution in [0, 0.1) is 23.2 Å². The summed E-state index contributed by atoms with van der Waals surface area (Å²) in [5.41, 5.74) is 6.27. The maximum atomic E-state index is 9.92. The lowest BCUT2D eigenvalue weighted by Crippen LogP contribution is -2.49. The average Bonchev–Trinajstić information content (AvgIpc) is 2.09. The molecule has 18 heavy (non-hydrogen) atoms. The third-order valence-electron chi connectivity index (χ3n) is 5.62. The maximum Gasteiger partial charge on any atom is 0.0606 e. The predicted molar refractivity (Wildman–Crippen MR) is 74.1 cm³/mol. The molecular weight excluding hydrogens is 222 g/mol. The zero-order chi connectivity index (χ0) is 13.0. The Morgan fingerprint density at radius 1 is 1.11 bits per heavy atom. The number of hydrogen-bond acceptors (Lipinski definition) is 2. The molecule has 0 heterocycles. The van der Waals surface area contributed by atoms with E-state index >= 15 is 0 Å². The van der Waals surface area contributed by atoms with Crippen molar-refractivity contribution in [2.24, 2.45) is 28.9 Å². The first-order valence-corrected chi connectivity index (χ1v) is 7.82. The molecule has 0 spiro atoms. The van der Waals surface area contributed by atoms with E-state index in [1.165, 1.54) is 38.5 Å². The van der Waals surface area contributed by atoms with Crippen LogP contribution in [-0.2, 0) is 0 Å². The monoisotopic (exact) mass is 251 g/mol. The second-order valence-corrected chi connectivity index (χ2v) is 8.40. The molecule has 4 bridgehead atoms. The SMILES string of the molecule is CC(C)(O)CC(N)CC12CC3CC(CC(C3)C1)C2. The normalized spacial score (nSPS) is 44.3. The molecule has 0 radical (unpaired) electrons. The summed E-state index contributed by atoms with van der Waals surface area (Å²) in [4.78, 5) is 0. The van der Waals surface area contributed by atoms with Crippen molar-refractivity contribution in [3.05, 3.63) is 0 Å². The molecule has 4 saturated carbocycles. The van der Waals surface area contributed by atoms with E-state index < -0.39 is 5.60 Å². The Morgan fingerprint density at radius 3 is 1.94 bits per heavy atom. The van der Waals surface area contributed by atoms with Gasteiger partial charge in [0, 0.05) is 6.04 Å². The van der Waals surface area contributed by atoms with Crippen molar-refractivity contribution in [3.8, 4) is 0 Å². The van der Waals surface area contributed by atoms with Gasteiger partial charge in [0.05, 0.1) is 5.60 Å². The molecule has 3 N–H and O–H groups in total. The van der Waals surface area contributed by atoms with E-state index in [9.17, 15) is 5.11 Å². The number of aliphatic hydroxyl groups is 1. The Labute approximate surface area is 111 Å². The molecule has 1 unspecified atom stereocenters. The summed E-state index contributed by atoms with van der Waals surface area (Å²) < 4.78 is 0. The first-order chi connectivity index (χ1) is 8.34. The van der Waals surface area contributed by atoms with Crippen LogP contribution < -0.4 is 5.73 Å². The lowest BCUT2D eigenvalue weighted by molar-refractivity contribution is -0.0638. The summed E-state index contributed by atoms with van der Waals surface area (Å²) in [5, 5.41) is 9.92. The van der Waals surface area contributed by atoms with E-state index in [0.717, 1.165) is 30.6 Å². The summed E-state index contributed by atoms with van der Waals surface area (Å²) in [6.45, 7) is 3.76. The zero-order valence-corrected chi connectivity index (χ0v) is 12.0. The van der Waals surface area contributed by atoms with Crippen LogP contribution in [0.1, 0.15) is 65.2 Å². The van der Waals surface area contributed by atoms with Crippen molar-refractivity contribution in [2.45, 2.75) is 76.9 Å². The highest BCUT2D eigenvalue weighted by molar-refractivity contribution is 5.02. The van der Waals surface area contributed by atoms with E-state index in [1.54, 1.807) is 0 Å². The van der Waals surface area contributed by atoms with E-state index in [4.69, 9.17) is 5.73 Å². The van der Waals surface area contributed by atoms with Crippen LogP contribution in [0.25, 0.3) is 0 Å². The molecule has 0 saturated heterocycles. The van der Waals surface area contributed by atoms with Crippen molar-refractivity contribution < 1.29 is 5.11 Å². The minimum absolute atomic E-state index is 0.182. The van der Waals surface area contributed by atoms with Gasteiger partial charge in [-0.2, -0.15) is 0 Å². The van der Waals surface area contributed by atoms with Crippen LogP contribution in [0.3, 0.4) is 0 Å². The third-order valence-corrected chi connectivity index (χ3v) is 5.62. The molecular formula is C16H29NO. The number of hydrogen-bond donors (Lipinski definition) is 2. The standard InChI is InChI=1S/C16H29NO/c1-15(2,18)9-14(17)10-16-6-11-3-12(7-16)5-13(4-11)8-16/h11-14,18H,3-10,17H2,1-2H3. The van der Waals surface area contributed by atoms with Crippen LogP contribution in [-0.4, -0.2) is 16.7 Å². The maximum absolute atomic E-state index is 9.92. The van der Waals surface area contributed by atoms with E-state index in [-0.39, 0.29) is 6.04 Å². The van der Waals surface area contributed by atoms with Gasteiger partial charge in [0.15, 0.2) is 0 Å². The van der Waals surface area contributed by atoms with E-state index in [0.29, 0.717) is 5.41 Å². The van der Waals surface area contributed by atoms with Gasteiger partial charge in [-0.05, 0) is 88.4 Å².